The second-order valence-corrected chi connectivity index (χ2v) is 3.04. The Labute approximate surface area is 92.5 Å². The summed E-state index contributed by atoms with van der Waals surface area (Å²) in [6.45, 7) is 0.892. The smallest absolute Gasteiger partial charge is 0.216 e. The normalized spacial score (nSPS) is 16.9. The van der Waals surface area contributed by atoms with Crippen LogP contribution in [0, 0.1) is 0 Å². The fourth-order valence-electron chi connectivity index (χ4n) is 1.01. The highest BCUT2D eigenvalue weighted by Crippen LogP contribution is 1.99. The van der Waals surface area contributed by atoms with Crippen molar-refractivity contribution in [2.45, 2.75) is 13.3 Å². The first-order valence-corrected chi connectivity index (χ1v) is 4.59. The molecule has 80 valence electrons. The minimum atomic E-state index is -0.713. The Morgan fingerprint density at radius 2 is 2.13 bits per heavy atom. The van der Waals surface area contributed by atoms with Crippen molar-refractivity contribution in [3.63, 3.8) is 0 Å². The van der Waals surface area contributed by atoms with Gasteiger partial charge in [0.25, 0.3) is 0 Å². The summed E-state index contributed by atoms with van der Waals surface area (Å²) < 4.78 is 15.1. The minimum absolute atomic E-state index is 0.0158. The van der Waals surface area contributed by atoms with Gasteiger partial charge < -0.3 is 11.5 Å². The summed E-state index contributed by atoms with van der Waals surface area (Å²) in [6.07, 6.45) is 0.431. The van der Waals surface area contributed by atoms with Crippen molar-refractivity contribution in [1.29, 1.82) is 0 Å². The molecule has 1 atom stereocenters. The van der Waals surface area contributed by atoms with Gasteiger partial charge in [-0.3, -0.25) is 4.99 Å². The lowest BCUT2D eigenvalue weighted by Gasteiger charge is -1.97. The first-order chi connectivity index (χ1) is 7.97. The fourth-order valence-corrected chi connectivity index (χ4v) is 1.01. The fraction of sp³-hybridized carbons (Fsp3) is 0.273. The lowest BCUT2D eigenvalue weighted by Crippen LogP contribution is -2.16. The van der Waals surface area contributed by atoms with Crippen LogP contribution < -0.4 is 11.5 Å². The maximum Gasteiger partial charge on any atom is 0.216 e. The van der Waals surface area contributed by atoms with E-state index >= 15 is 0 Å². The van der Waals surface area contributed by atoms with Gasteiger partial charge in [0, 0.05) is 6.52 Å². The maximum absolute atomic E-state index is 7.71. The number of hydrogen-bond acceptors (Lipinski definition) is 1. The average molecular weight is 206 g/mol. The molecule has 0 fully saturated rings. The predicted molar refractivity (Wildman–Crippen MR) is 63.9 cm³/mol. The molecule has 0 amide bonds. The number of aliphatic imine (C=N–C) groups is 2. The number of aryl methyl sites for hydroxylation is 1. The van der Waals surface area contributed by atoms with Crippen LogP contribution in [-0.2, 0) is 6.42 Å². The largest absolute Gasteiger partial charge is 0.387 e. The van der Waals surface area contributed by atoms with Crippen LogP contribution >= 0.6 is 0 Å². The molecule has 4 N–H and O–H groups in total. The Morgan fingerprint density at radius 3 is 2.73 bits per heavy atom. The Kier molecular flexibility index (Phi) is 3.27. The van der Waals surface area contributed by atoms with Crippen LogP contribution in [0.4, 0.5) is 0 Å². The Morgan fingerprint density at radius 1 is 1.47 bits per heavy atom. The van der Waals surface area contributed by atoms with Gasteiger partial charge in [-0.15, -0.1) is 0 Å². The van der Waals surface area contributed by atoms with Gasteiger partial charge in [0.15, 0.2) is 0 Å². The molecule has 0 spiro atoms. The van der Waals surface area contributed by atoms with E-state index in [1.54, 1.807) is 31.2 Å². The zero-order valence-electron chi connectivity index (χ0n) is 10.6. The molecule has 0 aliphatic rings. The van der Waals surface area contributed by atoms with E-state index in [1.807, 2.05) is 0 Å². The number of guanidine groups is 1. The van der Waals surface area contributed by atoms with Crippen LogP contribution in [0.15, 0.2) is 40.3 Å². The van der Waals surface area contributed by atoms with E-state index < -0.39 is 6.52 Å². The van der Waals surface area contributed by atoms with Crippen LogP contribution in [0.2, 0.25) is 0 Å². The topological polar surface area (TPSA) is 76.8 Å². The summed E-state index contributed by atoms with van der Waals surface area (Å²) in [5.41, 5.74) is 11.8. The molecule has 1 aromatic rings. The van der Waals surface area contributed by atoms with Crippen molar-refractivity contribution in [1.82, 2.24) is 0 Å². The molecule has 0 aromatic heterocycles. The highest BCUT2D eigenvalue weighted by Gasteiger charge is 1.91. The van der Waals surface area contributed by atoms with Crippen LogP contribution in [0.25, 0.3) is 0 Å². The zero-order chi connectivity index (χ0) is 12.8. The standard InChI is InChI=1S/C11H16N4/c1-9(12)15-11(13)14-8-7-10-5-3-2-4-6-10/h2-6H,7-8H2,1H3,(H4,12,13,14,15)/i2D,8D. The predicted octanol–water partition coefficient (Wildman–Crippen LogP) is 0.921. The van der Waals surface area contributed by atoms with E-state index in [0.29, 0.717) is 18.3 Å². The minimum Gasteiger partial charge on any atom is -0.387 e. The first-order valence-electron chi connectivity index (χ1n) is 5.67. The lowest BCUT2D eigenvalue weighted by molar-refractivity contribution is 0.962. The molecule has 1 rings (SSSR count). The average Bonchev–Trinajstić information content (AvgIpc) is 2.19. The summed E-state index contributed by atoms with van der Waals surface area (Å²) in [7, 11) is 0. The van der Waals surface area contributed by atoms with Crippen molar-refractivity contribution in [3.8, 4) is 0 Å². The van der Waals surface area contributed by atoms with Crippen LogP contribution in [0.3, 0.4) is 0 Å². The number of nitrogens with two attached hydrogens (primary N) is 2. The van der Waals surface area contributed by atoms with Crippen molar-refractivity contribution in [2.75, 3.05) is 6.52 Å². The summed E-state index contributed by atoms with van der Waals surface area (Å²) in [4.78, 5) is 7.63. The molecule has 0 saturated heterocycles. The van der Waals surface area contributed by atoms with Crippen molar-refractivity contribution in [3.05, 3.63) is 35.9 Å². The third-order valence-electron chi connectivity index (χ3n) is 1.63. The van der Waals surface area contributed by atoms with Gasteiger partial charge in [0.2, 0.25) is 5.96 Å². The third kappa shape index (κ3) is 4.81. The molecule has 0 radical (unpaired) electrons. The first kappa shape index (κ1) is 8.47. The van der Waals surface area contributed by atoms with Gasteiger partial charge in [-0.25, -0.2) is 4.99 Å². The lowest BCUT2D eigenvalue weighted by atomic mass is 10.2. The van der Waals surface area contributed by atoms with E-state index in [9.17, 15) is 0 Å². The van der Waals surface area contributed by atoms with Gasteiger partial charge in [0.05, 0.1) is 8.58 Å². The van der Waals surface area contributed by atoms with Gasteiger partial charge in [0.1, 0.15) is 0 Å². The SMILES string of the molecule is [2H]c1ccc(CC([2H])N=C(N)N=C(C)N)cc1. The molecule has 1 unspecified atom stereocenters. The van der Waals surface area contributed by atoms with Crippen LogP contribution in [0.5, 0.6) is 0 Å². The number of rotatable bonds is 3. The van der Waals surface area contributed by atoms with Crippen molar-refractivity contribution in [2.24, 2.45) is 21.5 Å². The zero-order valence-corrected chi connectivity index (χ0v) is 8.64. The molecule has 4 heteroatoms. The summed E-state index contributed by atoms with van der Waals surface area (Å²) in [6, 6.07) is 7.40. The second kappa shape index (κ2) is 5.80. The molecule has 0 aliphatic carbocycles. The number of benzene rings is 1. The van der Waals surface area contributed by atoms with E-state index in [0.717, 1.165) is 5.56 Å². The van der Waals surface area contributed by atoms with E-state index in [2.05, 4.69) is 9.98 Å². The molecule has 0 aliphatic heterocycles. The molecule has 15 heavy (non-hydrogen) atoms. The van der Waals surface area contributed by atoms with E-state index in [1.165, 1.54) is 0 Å². The molecule has 1 aromatic carbocycles. The molecule has 4 nitrogen and oxygen atoms in total. The Bertz CT molecular complexity index is 422. The monoisotopic (exact) mass is 206 g/mol. The van der Waals surface area contributed by atoms with Crippen LogP contribution in [-0.4, -0.2) is 18.3 Å². The highest BCUT2D eigenvalue weighted by atomic mass is 15.1. The van der Waals surface area contributed by atoms with Gasteiger partial charge in [-0.1, -0.05) is 30.3 Å². The van der Waals surface area contributed by atoms with Crippen molar-refractivity contribution < 1.29 is 2.74 Å². The molecule has 0 heterocycles. The number of amidine groups is 1. The van der Waals surface area contributed by atoms with Gasteiger partial charge in [-0.05, 0) is 18.9 Å². The van der Waals surface area contributed by atoms with Crippen LogP contribution in [0.1, 0.15) is 15.2 Å². The number of hydrogen-bond donors (Lipinski definition) is 2. The molecular weight excluding hydrogens is 188 g/mol. The molecular formula is C11H16N4. The van der Waals surface area contributed by atoms with Gasteiger partial charge >= 0.3 is 0 Å². The third-order valence-corrected chi connectivity index (χ3v) is 1.63. The second-order valence-electron chi connectivity index (χ2n) is 3.04. The quantitative estimate of drug-likeness (QED) is 0.570. The van der Waals surface area contributed by atoms with E-state index in [-0.39, 0.29) is 5.96 Å². The summed E-state index contributed by atoms with van der Waals surface area (Å²) in [5.74, 6) is 0.333. The van der Waals surface area contributed by atoms with Crippen molar-refractivity contribution >= 4 is 11.8 Å². The van der Waals surface area contributed by atoms with E-state index in [4.69, 9.17) is 14.2 Å². The van der Waals surface area contributed by atoms with Gasteiger partial charge in [-0.2, -0.15) is 0 Å². The number of nitrogens with zero attached hydrogens (tertiary/aromatic N) is 2. The summed E-state index contributed by atoms with van der Waals surface area (Å²) >= 11 is 0. The highest BCUT2D eigenvalue weighted by molar-refractivity contribution is 5.93. The summed E-state index contributed by atoms with van der Waals surface area (Å²) in [5, 5.41) is 0. The Hall–Kier alpha value is -1.84. The Balaban J connectivity index is 2.63. The molecule has 0 bridgehead atoms. The molecule has 0 saturated carbocycles. The maximum atomic E-state index is 7.71.